The monoisotopic (exact) mass is 1500 g/mol. The summed E-state index contributed by atoms with van der Waals surface area (Å²) in [4.78, 5) is 22.7. The second-order valence-corrected chi connectivity index (χ2v) is 31.2. The topological polar surface area (TPSA) is 81.1 Å². The highest BCUT2D eigenvalue weighted by Crippen LogP contribution is 2.49. The molecule has 18 aromatic carbocycles. The molecule has 0 aliphatic carbocycles. The van der Waals surface area contributed by atoms with Crippen molar-refractivity contribution in [3.63, 3.8) is 0 Å². The Morgan fingerprint density at radius 3 is 1.08 bits per heavy atom. The van der Waals surface area contributed by atoms with Crippen molar-refractivity contribution in [3.05, 3.63) is 388 Å². The largest absolute Gasteiger partial charge is 0.309 e. The molecule has 0 radical (unpaired) electrons. The van der Waals surface area contributed by atoms with Gasteiger partial charge in [0.25, 0.3) is 0 Å². The van der Waals surface area contributed by atoms with Gasteiger partial charge in [0, 0.05) is 98.2 Å². The van der Waals surface area contributed by atoms with Crippen molar-refractivity contribution in [2.24, 2.45) is 0 Å². The van der Waals surface area contributed by atoms with Gasteiger partial charge in [0.2, 0.25) is 0 Å². The summed E-state index contributed by atoms with van der Waals surface area (Å²) in [6, 6.07) is 141. The molecule has 0 saturated carbocycles. The Kier molecular flexibility index (Phi) is 13.5. The van der Waals surface area contributed by atoms with Gasteiger partial charge in [-0.2, -0.15) is 0 Å². The molecule has 0 spiro atoms. The van der Waals surface area contributed by atoms with Crippen molar-refractivity contribution >= 4 is 174 Å². The first-order valence-corrected chi connectivity index (χ1v) is 40.3. The van der Waals surface area contributed by atoms with Crippen LogP contribution in [0.25, 0.3) is 242 Å². The standard InChI is InChI=1S/C108H64N10/c1-3-26-67(27-4-1)105-107(111-85-39-17-16-38-84(85)109-105)118-94-55-48-70(61-83(94)78-53-51-74(64-100(78)118)115-91-42-20-13-35-80(91)102-96(115)57-56-95-101(102)79-34-12-19-41-90(79)113(95)72-49-46-65-24-7-8-30-69(65)60-72)71-47-54-86-87(62-71)110-106(68-28-5-2-6-29-68)108(112-86)117-89-40-18-11-33-76(89)77-52-50-73(63-99(77)117)114-92-43-21-14-36-81(92)103-97(114)58-59-98-104(103)82-37-15-22-44-93(82)116(98)88-45-23-31-66-25-9-10-32-75(66)88/h1-64H. The first-order chi connectivity index (χ1) is 58.5. The molecule has 8 heterocycles. The Morgan fingerprint density at radius 1 is 0.161 bits per heavy atom. The molecule has 0 N–H and O–H groups in total. The Labute approximate surface area is 673 Å². The van der Waals surface area contributed by atoms with Gasteiger partial charge in [-0.3, -0.25) is 9.13 Å². The molecule has 0 fully saturated rings. The van der Waals surface area contributed by atoms with E-state index in [4.69, 9.17) is 19.9 Å². The lowest BCUT2D eigenvalue weighted by Crippen LogP contribution is -2.04. The zero-order valence-corrected chi connectivity index (χ0v) is 63.4. The third-order valence-electron chi connectivity index (χ3n) is 24.9. The number of rotatable bonds is 9. The van der Waals surface area contributed by atoms with E-state index >= 15 is 0 Å². The summed E-state index contributed by atoms with van der Waals surface area (Å²) >= 11 is 0. The highest BCUT2D eigenvalue weighted by Gasteiger charge is 2.28. The van der Waals surface area contributed by atoms with Gasteiger partial charge in [-0.25, -0.2) is 19.9 Å². The van der Waals surface area contributed by atoms with Crippen molar-refractivity contribution in [1.29, 1.82) is 0 Å². The fourth-order valence-corrected chi connectivity index (χ4v) is 19.8. The van der Waals surface area contributed by atoms with Crippen LogP contribution in [0.1, 0.15) is 0 Å². The first kappa shape index (κ1) is 64.5. The summed E-state index contributed by atoms with van der Waals surface area (Å²) in [5.74, 6) is 1.50. The molecule has 0 unspecified atom stereocenters. The van der Waals surface area contributed by atoms with Crippen LogP contribution in [-0.4, -0.2) is 47.3 Å². The van der Waals surface area contributed by atoms with Crippen LogP contribution in [0.3, 0.4) is 0 Å². The molecule has 0 amide bonds. The van der Waals surface area contributed by atoms with E-state index in [1.165, 1.54) is 81.2 Å². The van der Waals surface area contributed by atoms with Crippen LogP contribution in [0.5, 0.6) is 0 Å². The van der Waals surface area contributed by atoms with Crippen LogP contribution in [0, 0.1) is 0 Å². The van der Waals surface area contributed by atoms with E-state index in [1.54, 1.807) is 0 Å². The average Bonchev–Trinajstić information content (AvgIpc) is 1.55. The third-order valence-corrected chi connectivity index (χ3v) is 24.9. The minimum absolute atomic E-state index is 0.746. The number of benzene rings is 18. The maximum Gasteiger partial charge on any atom is 0.165 e. The normalized spacial score (nSPS) is 12.2. The molecule has 10 heteroatoms. The zero-order valence-electron chi connectivity index (χ0n) is 63.4. The van der Waals surface area contributed by atoms with Crippen molar-refractivity contribution in [3.8, 4) is 68.0 Å². The van der Waals surface area contributed by atoms with Gasteiger partial charge in [-0.15, -0.1) is 0 Å². The van der Waals surface area contributed by atoms with E-state index in [1.807, 2.05) is 12.1 Å². The van der Waals surface area contributed by atoms with Crippen LogP contribution in [0.4, 0.5) is 0 Å². The molecule has 0 aliphatic heterocycles. The number of aromatic nitrogens is 10. The van der Waals surface area contributed by atoms with Gasteiger partial charge in [0.1, 0.15) is 11.4 Å². The maximum absolute atomic E-state index is 5.80. The summed E-state index contributed by atoms with van der Waals surface area (Å²) in [6.45, 7) is 0. The van der Waals surface area contributed by atoms with Crippen molar-refractivity contribution in [2.75, 3.05) is 0 Å². The highest BCUT2D eigenvalue weighted by molar-refractivity contribution is 6.31. The Morgan fingerprint density at radius 2 is 0.525 bits per heavy atom. The molecular formula is C108H64N10. The van der Waals surface area contributed by atoms with Crippen LogP contribution < -0.4 is 0 Å². The van der Waals surface area contributed by atoms with Gasteiger partial charge in [-0.1, -0.05) is 255 Å². The minimum Gasteiger partial charge on any atom is -0.309 e. The minimum atomic E-state index is 0.746. The Bertz CT molecular complexity index is 8830. The smallest absolute Gasteiger partial charge is 0.165 e. The number of hydrogen-bond acceptors (Lipinski definition) is 4. The molecule has 118 heavy (non-hydrogen) atoms. The van der Waals surface area contributed by atoms with Gasteiger partial charge in [0.05, 0.1) is 94.0 Å². The highest BCUT2D eigenvalue weighted by atomic mass is 15.1. The molecule has 0 atom stereocenters. The van der Waals surface area contributed by atoms with Crippen LogP contribution in [-0.2, 0) is 0 Å². The number of hydrogen-bond donors (Lipinski definition) is 0. The summed E-state index contributed by atoms with van der Waals surface area (Å²) < 4.78 is 14.5. The lowest BCUT2D eigenvalue weighted by molar-refractivity contribution is 1.08. The van der Waals surface area contributed by atoms with E-state index in [0.29, 0.717) is 0 Å². The van der Waals surface area contributed by atoms with E-state index < -0.39 is 0 Å². The molecule has 0 bridgehead atoms. The molecule has 10 nitrogen and oxygen atoms in total. The predicted molar refractivity (Wildman–Crippen MR) is 490 cm³/mol. The average molecular weight is 1500 g/mol. The number of nitrogens with zero attached hydrogens (tertiary/aromatic N) is 10. The molecule has 26 aromatic rings. The van der Waals surface area contributed by atoms with Crippen LogP contribution in [0.15, 0.2) is 388 Å². The zero-order chi connectivity index (χ0) is 77.0. The summed E-state index contributed by atoms with van der Waals surface area (Å²) in [7, 11) is 0. The second-order valence-electron chi connectivity index (χ2n) is 31.2. The van der Waals surface area contributed by atoms with E-state index in [-0.39, 0.29) is 0 Å². The molecule has 546 valence electrons. The van der Waals surface area contributed by atoms with Crippen LogP contribution >= 0.6 is 0 Å². The SMILES string of the molecule is c1ccc(-c2nc3ccccc3nc2-n2c3ccc(-c4ccc5nc(-n6c7ccccc7c7ccc(-n8c9ccccc9c9c%10c%11ccccc%11n(-c%11cccc%12ccccc%11%12)c%10ccc98)cc76)c(-c6ccccc6)nc5c4)cc3c3ccc(-n4c5ccccc5c5c6c7ccccc7n(-c7ccc8ccccc8c7)c6ccc54)cc32)cc1. The maximum atomic E-state index is 5.80. The van der Waals surface area contributed by atoms with E-state index in [2.05, 4.69) is 404 Å². The Balaban J connectivity index is 0.652. The lowest BCUT2D eigenvalue weighted by Gasteiger charge is -2.15. The van der Waals surface area contributed by atoms with Crippen LogP contribution in [0.2, 0.25) is 0 Å². The quantitative estimate of drug-likeness (QED) is 0.144. The van der Waals surface area contributed by atoms with Crippen molar-refractivity contribution < 1.29 is 0 Å². The summed E-state index contributed by atoms with van der Waals surface area (Å²) in [5, 5.41) is 19.0. The van der Waals surface area contributed by atoms with Gasteiger partial charge in [-0.05, 0) is 161 Å². The van der Waals surface area contributed by atoms with Gasteiger partial charge >= 0.3 is 0 Å². The molecule has 0 saturated heterocycles. The number of fused-ring (bicyclic) bond motifs is 24. The van der Waals surface area contributed by atoms with Crippen molar-refractivity contribution in [2.45, 2.75) is 0 Å². The fourth-order valence-electron chi connectivity index (χ4n) is 19.8. The molecule has 8 aromatic heterocycles. The lowest BCUT2D eigenvalue weighted by atomic mass is 10.0. The Hall–Kier alpha value is -16.0. The number of para-hydroxylation sites is 7. The summed E-state index contributed by atoms with van der Waals surface area (Å²) in [5.41, 5.74) is 26.4. The molecular weight excluding hydrogens is 1440 g/mol. The van der Waals surface area contributed by atoms with Crippen molar-refractivity contribution in [1.82, 2.24) is 47.3 Å². The third kappa shape index (κ3) is 9.27. The molecule has 26 rings (SSSR count). The summed E-state index contributed by atoms with van der Waals surface area (Å²) in [6.07, 6.45) is 0. The van der Waals surface area contributed by atoms with Gasteiger partial charge in [0.15, 0.2) is 11.6 Å². The van der Waals surface area contributed by atoms with Gasteiger partial charge < -0.3 is 18.3 Å². The fraction of sp³-hybridized carbons (Fsp3) is 0. The van der Waals surface area contributed by atoms with E-state index in [0.717, 1.165) is 161 Å². The predicted octanol–water partition coefficient (Wildman–Crippen LogP) is 27.5. The first-order valence-electron chi connectivity index (χ1n) is 40.3. The van der Waals surface area contributed by atoms with E-state index in [9.17, 15) is 0 Å². The second kappa shape index (κ2) is 24.7. The molecule has 0 aliphatic rings.